The highest BCUT2D eigenvalue weighted by atomic mass is 35.5. The van der Waals surface area contributed by atoms with Gasteiger partial charge in [0.2, 0.25) is 0 Å². The number of aliphatic hydroxyl groups is 1. The molecule has 58 heavy (non-hydrogen) atoms. The molecule has 6 rings (SSSR count). The van der Waals surface area contributed by atoms with E-state index in [1.54, 1.807) is 9.80 Å². The van der Waals surface area contributed by atoms with Crippen molar-refractivity contribution in [2.45, 2.75) is 115 Å². The second-order valence-electron chi connectivity index (χ2n) is 16.1. The number of carbonyl (C=O) groups excluding carboxylic acids is 3. The minimum Gasteiger partial charge on any atom is -0.436 e. The first-order chi connectivity index (χ1) is 27.8. The molecule has 0 bridgehead atoms. The van der Waals surface area contributed by atoms with Crippen LogP contribution in [0.1, 0.15) is 87.8 Å². The van der Waals surface area contributed by atoms with Gasteiger partial charge >= 0.3 is 18.3 Å². The SMILES string of the molecule is CCCCCCOC(O)[C@H]1CCCN(C2CCN(C(=O)[C@@H](Cc3cc(Cl)c(N)c(C(F)(F)F)c3)OC(=O)N3CCC(N4CCc5ccccc5NC4=O)CC3)CC2)C1. The Kier molecular flexibility index (Phi) is 15.1. The van der Waals surface area contributed by atoms with E-state index in [4.69, 9.17) is 26.8 Å². The van der Waals surface area contributed by atoms with Crippen molar-refractivity contribution >= 4 is 41.0 Å². The van der Waals surface area contributed by atoms with Gasteiger partial charge < -0.3 is 40.3 Å². The number of hydrogen-bond acceptors (Lipinski definition) is 8. The number of likely N-dealkylation sites (tertiary alicyclic amines) is 3. The number of nitrogens with two attached hydrogens (primary N) is 1. The maximum Gasteiger partial charge on any atom is 0.418 e. The number of amides is 4. The molecule has 4 amide bonds. The molecule has 2 aromatic carbocycles. The van der Waals surface area contributed by atoms with Gasteiger partial charge in [-0.15, -0.1) is 0 Å². The number of nitrogens with one attached hydrogen (secondary N) is 1. The van der Waals surface area contributed by atoms with Gasteiger partial charge in [0.15, 0.2) is 12.4 Å². The fraction of sp³-hybridized carbons (Fsp3) is 0.643. The molecular weight excluding hydrogens is 777 g/mol. The third kappa shape index (κ3) is 11.1. The number of ether oxygens (including phenoxy) is 2. The number of hydrogen-bond donors (Lipinski definition) is 3. The predicted molar refractivity (Wildman–Crippen MR) is 215 cm³/mol. The fourth-order valence-electron chi connectivity index (χ4n) is 8.84. The van der Waals surface area contributed by atoms with Crippen molar-refractivity contribution in [2.24, 2.45) is 5.92 Å². The standard InChI is InChI=1S/C42H58ClF3N6O6/c1-2-3-4-7-23-57-39(54)30-10-8-17-51(27-30)31-13-18-49(19-14-31)38(53)36(26-28-24-33(42(44,45)46)37(47)34(43)25-28)58-41(56)50-20-15-32(16-21-50)52-22-12-29-9-5-6-11-35(29)48-40(52)55/h5-6,9,11,24-25,30-32,36,39,54H,2-4,7-8,10,12-23,26-27,47H2,1H3,(H,48,55)/t30-,36+,39?/m0/s1. The second kappa shape index (κ2) is 20.0. The molecule has 3 saturated heterocycles. The van der Waals surface area contributed by atoms with Crippen LogP contribution in [0.2, 0.25) is 5.02 Å². The van der Waals surface area contributed by atoms with Crippen LogP contribution < -0.4 is 11.1 Å². The first-order valence-corrected chi connectivity index (χ1v) is 21.3. The number of aliphatic hydroxyl groups excluding tert-OH is 1. The lowest BCUT2D eigenvalue weighted by Gasteiger charge is -2.43. The van der Waals surface area contributed by atoms with E-state index in [-0.39, 0.29) is 54.1 Å². The Morgan fingerprint density at radius 1 is 0.966 bits per heavy atom. The molecule has 320 valence electrons. The van der Waals surface area contributed by atoms with E-state index in [1.807, 2.05) is 24.3 Å². The smallest absolute Gasteiger partial charge is 0.418 e. The molecular formula is C42H58ClF3N6O6. The van der Waals surface area contributed by atoms with E-state index in [2.05, 4.69) is 17.1 Å². The second-order valence-corrected chi connectivity index (χ2v) is 16.5. The van der Waals surface area contributed by atoms with Crippen LogP contribution in [-0.2, 0) is 33.3 Å². The zero-order valence-corrected chi connectivity index (χ0v) is 34.1. The molecule has 4 aliphatic rings. The number of alkyl halides is 3. The number of piperidine rings is 3. The summed E-state index contributed by atoms with van der Waals surface area (Å²) in [4.78, 5) is 48.3. The van der Waals surface area contributed by atoms with Crippen LogP contribution in [-0.4, -0.2) is 120 Å². The van der Waals surface area contributed by atoms with Crippen molar-refractivity contribution in [1.82, 2.24) is 19.6 Å². The van der Waals surface area contributed by atoms with Crippen LogP contribution in [0.25, 0.3) is 0 Å². The summed E-state index contributed by atoms with van der Waals surface area (Å²) in [6, 6.07) is 9.68. The Balaban J connectivity index is 1.08. The summed E-state index contributed by atoms with van der Waals surface area (Å²) < 4.78 is 53.5. The van der Waals surface area contributed by atoms with E-state index in [9.17, 15) is 32.7 Å². The van der Waals surface area contributed by atoms with Crippen LogP contribution in [0.15, 0.2) is 36.4 Å². The first kappa shape index (κ1) is 43.8. The number of halogens is 4. The van der Waals surface area contributed by atoms with Crippen molar-refractivity contribution in [3.63, 3.8) is 0 Å². The van der Waals surface area contributed by atoms with E-state index in [0.717, 1.165) is 62.4 Å². The molecule has 2 aromatic rings. The number of unbranched alkanes of at least 4 members (excludes halogenated alkanes) is 3. The molecule has 12 nitrogen and oxygen atoms in total. The molecule has 3 fully saturated rings. The van der Waals surface area contributed by atoms with Gasteiger partial charge in [-0.05, 0) is 87.2 Å². The number of rotatable bonds is 13. The number of benzene rings is 2. The third-order valence-electron chi connectivity index (χ3n) is 12.2. The summed E-state index contributed by atoms with van der Waals surface area (Å²) in [6.45, 7) is 6.09. The maximum absolute atomic E-state index is 14.2. The highest BCUT2D eigenvalue weighted by molar-refractivity contribution is 6.33. The van der Waals surface area contributed by atoms with E-state index in [0.29, 0.717) is 64.9 Å². The Labute approximate surface area is 344 Å². The number of urea groups is 1. The molecule has 16 heteroatoms. The molecule has 4 aliphatic heterocycles. The molecule has 4 heterocycles. The van der Waals surface area contributed by atoms with Crippen LogP contribution in [0, 0.1) is 5.92 Å². The van der Waals surface area contributed by atoms with Crippen molar-refractivity contribution in [1.29, 1.82) is 0 Å². The third-order valence-corrected chi connectivity index (χ3v) is 12.5. The highest BCUT2D eigenvalue weighted by Crippen LogP contribution is 2.38. The summed E-state index contributed by atoms with van der Waals surface area (Å²) >= 11 is 6.15. The Morgan fingerprint density at radius 2 is 1.67 bits per heavy atom. The monoisotopic (exact) mass is 834 g/mol. The van der Waals surface area contributed by atoms with E-state index >= 15 is 0 Å². The fourth-order valence-corrected chi connectivity index (χ4v) is 9.09. The highest BCUT2D eigenvalue weighted by Gasteiger charge is 2.39. The molecule has 0 saturated carbocycles. The van der Waals surface area contributed by atoms with Crippen LogP contribution >= 0.6 is 11.6 Å². The molecule has 3 atom stereocenters. The number of fused-ring (bicyclic) bond motifs is 1. The average Bonchev–Trinajstić information content (AvgIpc) is 3.39. The predicted octanol–water partition coefficient (Wildman–Crippen LogP) is 7.16. The maximum atomic E-state index is 14.2. The Hall–Kier alpha value is -3.79. The van der Waals surface area contributed by atoms with Crippen LogP contribution in [0.5, 0.6) is 0 Å². The average molecular weight is 835 g/mol. The van der Waals surface area contributed by atoms with Gasteiger partial charge in [0.05, 0.1) is 16.3 Å². The first-order valence-electron chi connectivity index (χ1n) is 20.9. The summed E-state index contributed by atoms with van der Waals surface area (Å²) in [5, 5.41) is 13.5. The summed E-state index contributed by atoms with van der Waals surface area (Å²) in [5.41, 5.74) is 5.86. The van der Waals surface area contributed by atoms with Gasteiger partial charge in [-0.2, -0.15) is 13.2 Å². The van der Waals surface area contributed by atoms with Gasteiger partial charge in [0, 0.05) is 76.0 Å². The normalized spacial score (nSPS) is 21.2. The van der Waals surface area contributed by atoms with Gasteiger partial charge in [0.25, 0.3) is 5.91 Å². The zero-order valence-electron chi connectivity index (χ0n) is 33.4. The number of nitrogen functional groups attached to an aromatic ring is 1. The van der Waals surface area contributed by atoms with Gasteiger partial charge in [0.1, 0.15) is 0 Å². The number of para-hydroxylation sites is 1. The summed E-state index contributed by atoms with van der Waals surface area (Å²) in [7, 11) is 0. The Bertz CT molecular complexity index is 1720. The summed E-state index contributed by atoms with van der Waals surface area (Å²) in [5.74, 6) is -0.493. The number of nitrogens with zero attached hydrogens (tertiary/aromatic N) is 4. The largest absolute Gasteiger partial charge is 0.436 e. The molecule has 1 unspecified atom stereocenters. The van der Waals surface area contributed by atoms with Gasteiger partial charge in [-0.25, -0.2) is 9.59 Å². The van der Waals surface area contributed by atoms with Crippen molar-refractivity contribution in [2.75, 3.05) is 63.5 Å². The zero-order chi connectivity index (χ0) is 41.4. The van der Waals surface area contributed by atoms with Crippen molar-refractivity contribution in [3.8, 4) is 0 Å². The van der Waals surface area contributed by atoms with Crippen molar-refractivity contribution < 1.29 is 42.1 Å². The lowest BCUT2D eigenvalue weighted by Crippen LogP contribution is -2.54. The quantitative estimate of drug-likeness (QED) is 0.110. The summed E-state index contributed by atoms with van der Waals surface area (Å²) in [6.07, 6.45) is 0.973. The molecule has 0 aliphatic carbocycles. The lowest BCUT2D eigenvalue weighted by molar-refractivity contribution is -0.150. The molecule has 0 spiro atoms. The van der Waals surface area contributed by atoms with E-state index in [1.165, 1.54) is 11.0 Å². The molecule has 0 radical (unpaired) electrons. The minimum atomic E-state index is -4.79. The molecule has 0 aromatic heterocycles. The van der Waals surface area contributed by atoms with Crippen LogP contribution in [0.3, 0.4) is 0 Å². The van der Waals surface area contributed by atoms with Gasteiger partial charge in [-0.1, -0.05) is 56.0 Å². The minimum absolute atomic E-state index is 0.000384. The van der Waals surface area contributed by atoms with Crippen LogP contribution in [0.4, 0.5) is 34.1 Å². The lowest BCUT2D eigenvalue weighted by atomic mass is 9.93. The number of carbonyl (C=O) groups is 3. The van der Waals surface area contributed by atoms with E-state index < -0.39 is 41.8 Å². The topological polar surface area (TPSA) is 141 Å². The van der Waals surface area contributed by atoms with Crippen molar-refractivity contribution in [3.05, 3.63) is 58.1 Å². The molecule has 4 N–H and O–H groups in total. The Morgan fingerprint density at radius 3 is 2.40 bits per heavy atom. The number of anilines is 2. The van der Waals surface area contributed by atoms with Gasteiger partial charge in [-0.3, -0.25) is 9.69 Å².